The highest BCUT2D eigenvalue weighted by Crippen LogP contribution is 2.33. The summed E-state index contributed by atoms with van der Waals surface area (Å²) >= 11 is 1.47. The van der Waals surface area contributed by atoms with Crippen molar-refractivity contribution in [2.24, 2.45) is 16.6 Å². The van der Waals surface area contributed by atoms with Gasteiger partial charge in [-0.05, 0) is 67.5 Å². The molecule has 8 heteroatoms. The van der Waals surface area contributed by atoms with Crippen LogP contribution in [-0.4, -0.2) is 35.9 Å². The molecule has 4 rings (SSSR count). The second-order valence-electron chi connectivity index (χ2n) is 9.33. The van der Waals surface area contributed by atoms with Gasteiger partial charge in [0, 0.05) is 41.7 Å². The van der Waals surface area contributed by atoms with Crippen molar-refractivity contribution in [2.45, 2.75) is 45.1 Å². The summed E-state index contributed by atoms with van der Waals surface area (Å²) in [6.45, 7) is 9.05. The fourth-order valence-electron chi connectivity index (χ4n) is 4.55. The van der Waals surface area contributed by atoms with Gasteiger partial charge in [-0.25, -0.2) is 4.98 Å². The second-order valence-corrected chi connectivity index (χ2v) is 10.2. The first-order valence-electron chi connectivity index (χ1n) is 12.1. The molecule has 4 bridgehead atoms. The van der Waals surface area contributed by atoms with Crippen LogP contribution in [0.25, 0.3) is 11.3 Å². The van der Waals surface area contributed by atoms with E-state index in [1.807, 2.05) is 12.1 Å². The van der Waals surface area contributed by atoms with Gasteiger partial charge in [0.1, 0.15) is 6.61 Å². The van der Waals surface area contributed by atoms with Gasteiger partial charge in [-0.2, -0.15) is 4.98 Å². The molecular weight excluding hydrogens is 468 g/mol. The van der Waals surface area contributed by atoms with E-state index in [2.05, 4.69) is 83.7 Å². The van der Waals surface area contributed by atoms with Crippen LogP contribution in [0.2, 0.25) is 0 Å². The van der Waals surface area contributed by atoms with Gasteiger partial charge in [0.15, 0.2) is 0 Å². The van der Waals surface area contributed by atoms with E-state index >= 15 is 0 Å². The van der Waals surface area contributed by atoms with Crippen LogP contribution < -0.4 is 20.1 Å². The Morgan fingerprint density at radius 1 is 1.19 bits per heavy atom. The number of nitrogens with zero attached hydrogens (tertiary/aromatic N) is 4. The molecule has 1 unspecified atom stereocenters. The Hall–Kier alpha value is -3.52. The molecule has 1 aliphatic heterocycles. The van der Waals surface area contributed by atoms with Gasteiger partial charge in [-0.15, -0.1) is 0 Å². The zero-order chi connectivity index (χ0) is 25.7. The Kier molecular flexibility index (Phi) is 8.15. The van der Waals surface area contributed by atoms with E-state index in [1.54, 1.807) is 19.5 Å². The van der Waals surface area contributed by atoms with Crippen LogP contribution in [0.4, 0.5) is 11.6 Å². The Bertz CT molecular complexity index is 1250. The van der Waals surface area contributed by atoms with Crippen LogP contribution in [0.5, 0.6) is 5.88 Å². The Morgan fingerprint density at radius 2 is 1.94 bits per heavy atom. The summed E-state index contributed by atoms with van der Waals surface area (Å²) in [6, 6.07) is 16.5. The zero-order valence-corrected chi connectivity index (χ0v) is 22.3. The summed E-state index contributed by atoms with van der Waals surface area (Å²) < 4.78 is 9.71. The molecular formula is C28H34N6OS. The minimum absolute atomic E-state index is 0.00694. The fraction of sp³-hybridized carbons (Fsp3) is 0.321. The molecule has 0 amide bonds. The van der Waals surface area contributed by atoms with Crippen LogP contribution in [0.3, 0.4) is 0 Å². The lowest BCUT2D eigenvalue weighted by atomic mass is 10.00. The third kappa shape index (κ3) is 5.82. The molecule has 188 valence electrons. The fourth-order valence-corrected chi connectivity index (χ4v) is 5.18. The highest BCUT2D eigenvalue weighted by Gasteiger charge is 2.25. The molecule has 0 fully saturated rings. The number of nitrogens with one attached hydrogen (secondary N) is 1. The van der Waals surface area contributed by atoms with Crippen molar-refractivity contribution < 1.29 is 4.74 Å². The summed E-state index contributed by atoms with van der Waals surface area (Å²) in [4.78, 5) is 17.0. The monoisotopic (exact) mass is 502 g/mol. The Balaban J connectivity index is 1.83. The first-order valence-corrected chi connectivity index (χ1v) is 13.0. The maximum atomic E-state index is 6.39. The number of allylic oxidation sites excluding steroid dienone is 1. The number of anilines is 2. The largest absolute Gasteiger partial charge is 0.475 e. The van der Waals surface area contributed by atoms with Crippen molar-refractivity contribution in [1.82, 2.24) is 9.97 Å². The lowest BCUT2D eigenvalue weighted by Crippen LogP contribution is -2.41. The van der Waals surface area contributed by atoms with Crippen molar-refractivity contribution in [3.8, 4) is 17.1 Å². The second kappa shape index (κ2) is 11.5. The van der Waals surface area contributed by atoms with Crippen LogP contribution in [-0.2, 0) is 0 Å². The van der Waals surface area contributed by atoms with E-state index in [0.29, 0.717) is 24.4 Å². The van der Waals surface area contributed by atoms with E-state index in [-0.39, 0.29) is 6.04 Å². The smallest absolute Gasteiger partial charge is 0.237 e. The number of aliphatic imine (C=N–C) groups is 1. The van der Waals surface area contributed by atoms with E-state index in [4.69, 9.17) is 15.5 Å². The molecule has 2 heterocycles. The third-order valence-corrected chi connectivity index (χ3v) is 6.81. The molecule has 1 aromatic heterocycles. The van der Waals surface area contributed by atoms with E-state index in [9.17, 15) is 0 Å². The summed E-state index contributed by atoms with van der Waals surface area (Å²) in [6.07, 6.45) is 4.29. The quantitative estimate of drug-likeness (QED) is 0.327. The predicted octanol–water partition coefficient (Wildman–Crippen LogP) is 5.99. The normalized spacial score (nSPS) is 16.3. The maximum Gasteiger partial charge on any atom is 0.237 e. The van der Waals surface area contributed by atoms with Crippen molar-refractivity contribution >= 4 is 29.8 Å². The van der Waals surface area contributed by atoms with E-state index < -0.39 is 0 Å². The number of hydrogen-bond acceptors (Lipinski definition) is 8. The molecule has 1 aliphatic rings. The Labute approximate surface area is 218 Å². The minimum Gasteiger partial charge on any atom is -0.475 e. The third-order valence-electron chi connectivity index (χ3n) is 6.04. The van der Waals surface area contributed by atoms with Gasteiger partial charge in [0.2, 0.25) is 11.8 Å². The van der Waals surface area contributed by atoms with E-state index in [0.717, 1.165) is 45.1 Å². The highest BCUT2D eigenvalue weighted by molar-refractivity contribution is 8.00. The number of ether oxygens (including phenoxy) is 1. The first kappa shape index (κ1) is 25.6. The van der Waals surface area contributed by atoms with Crippen molar-refractivity contribution in [3.63, 3.8) is 0 Å². The molecule has 0 saturated carbocycles. The van der Waals surface area contributed by atoms with Gasteiger partial charge >= 0.3 is 0 Å². The molecule has 0 spiro atoms. The van der Waals surface area contributed by atoms with Crippen molar-refractivity contribution in [2.75, 3.05) is 23.3 Å². The average molecular weight is 503 g/mol. The van der Waals surface area contributed by atoms with Crippen molar-refractivity contribution in [1.29, 1.82) is 0 Å². The number of nitrogens with two attached hydrogens (primary N) is 1. The molecule has 7 nitrogen and oxygen atoms in total. The highest BCUT2D eigenvalue weighted by atomic mass is 32.2. The van der Waals surface area contributed by atoms with Crippen LogP contribution >= 0.6 is 11.9 Å². The number of aryl methyl sites for hydroxylation is 2. The van der Waals surface area contributed by atoms with Gasteiger partial charge in [0.25, 0.3) is 0 Å². The maximum absolute atomic E-state index is 6.39. The summed E-state index contributed by atoms with van der Waals surface area (Å²) in [5.41, 5.74) is 12.2. The van der Waals surface area contributed by atoms with Crippen molar-refractivity contribution in [3.05, 3.63) is 71.6 Å². The molecule has 0 aliphatic carbocycles. The molecule has 36 heavy (non-hydrogen) atoms. The molecule has 3 N–H and O–H groups in total. The predicted molar refractivity (Wildman–Crippen MR) is 151 cm³/mol. The number of rotatable bonds is 5. The number of aromatic nitrogens is 2. The Morgan fingerprint density at radius 3 is 2.64 bits per heavy atom. The van der Waals surface area contributed by atoms with Gasteiger partial charge in [-0.1, -0.05) is 38.1 Å². The van der Waals surface area contributed by atoms with Crippen LogP contribution in [0.1, 0.15) is 31.4 Å². The van der Waals surface area contributed by atoms with Crippen LogP contribution in [0, 0.1) is 19.8 Å². The van der Waals surface area contributed by atoms with Gasteiger partial charge < -0.3 is 15.4 Å². The lowest BCUT2D eigenvalue weighted by molar-refractivity contribution is 0.259. The summed E-state index contributed by atoms with van der Waals surface area (Å²) in [5, 5.41) is 0. The number of hydrogen-bond donors (Lipinski definition) is 2. The summed E-state index contributed by atoms with van der Waals surface area (Å²) in [7, 11) is 1.75. The average Bonchev–Trinajstić information content (AvgIpc) is 2.85. The molecule has 0 saturated heterocycles. The van der Waals surface area contributed by atoms with Gasteiger partial charge in [-0.3, -0.25) is 9.71 Å². The number of benzene rings is 2. The van der Waals surface area contributed by atoms with E-state index in [1.165, 1.54) is 11.9 Å². The molecule has 3 aromatic rings. The summed E-state index contributed by atoms with van der Waals surface area (Å²) in [5.74, 6) is 1.49. The molecule has 0 radical (unpaired) electrons. The first-order chi connectivity index (χ1) is 17.4. The zero-order valence-electron chi connectivity index (χ0n) is 21.5. The molecule has 2 aromatic carbocycles. The SMILES string of the molecule is CN=C/C(=C\N)N1c2cccc(c2)SNc2nc(cc(-c3c(C)cccc3C)n2)OCC1CC(C)C. The minimum atomic E-state index is 0.00694. The van der Waals surface area contributed by atoms with Gasteiger partial charge in [0.05, 0.1) is 17.4 Å². The topological polar surface area (TPSA) is 88.7 Å². The lowest BCUT2D eigenvalue weighted by Gasteiger charge is -2.35. The molecule has 1 atom stereocenters. The number of fused-ring (bicyclic) bond motifs is 4. The van der Waals surface area contributed by atoms with Crippen LogP contribution in [0.15, 0.2) is 70.3 Å². The standard InChI is InChI=1S/C28H34N6OS/c1-18(2)12-22-17-35-26-14-25(27-19(3)8-6-9-20(27)4)31-28(32-26)33-36-24-11-7-10-21(13-24)34(22)23(15-29)16-30-5/h6-11,13-16,18,22H,12,17,29H2,1-5H3,(H,31,32,33)/b23-15+,30-16?.